The number of aromatic amines is 1. The van der Waals surface area contributed by atoms with Crippen molar-refractivity contribution < 1.29 is 0 Å². The van der Waals surface area contributed by atoms with E-state index in [2.05, 4.69) is 58.3 Å². The highest BCUT2D eigenvalue weighted by Gasteiger charge is 2.04. The zero-order chi connectivity index (χ0) is 13.1. The third-order valence-corrected chi connectivity index (χ3v) is 4.13. The van der Waals surface area contributed by atoms with E-state index < -0.39 is 0 Å². The van der Waals surface area contributed by atoms with Gasteiger partial charge in [-0.15, -0.1) is 0 Å². The second-order valence-electron chi connectivity index (χ2n) is 5.02. The first-order valence-electron chi connectivity index (χ1n) is 6.62. The van der Waals surface area contributed by atoms with Gasteiger partial charge in [-0.2, -0.15) is 11.3 Å². The maximum Gasteiger partial charge on any atom is 0.0454 e. The molecular formula is C16H18N2S. The third kappa shape index (κ3) is 3.06. The second kappa shape index (κ2) is 5.59. The van der Waals surface area contributed by atoms with Gasteiger partial charge in [0.05, 0.1) is 0 Å². The summed E-state index contributed by atoms with van der Waals surface area (Å²) in [4.78, 5) is 3.22. The Bertz CT molecular complexity index is 640. The molecule has 3 heteroatoms. The Morgan fingerprint density at radius 3 is 3.00 bits per heavy atom. The molecule has 3 rings (SSSR count). The van der Waals surface area contributed by atoms with Crippen molar-refractivity contribution >= 4 is 22.2 Å². The minimum Gasteiger partial charge on any atom is -0.361 e. The van der Waals surface area contributed by atoms with E-state index in [1.54, 1.807) is 11.3 Å². The molecule has 0 bridgehead atoms. The Morgan fingerprint density at radius 2 is 2.16 bits per heavy atom. The monoisotopic (exact) mass is 270 g/mol. The summed E-state index contributed by atoms with van der Waals surface area (Å²) in [5, 5.41) is 9.24. The maximum atomic E-state index is 3.59. The Labute approximate surface area is 117 Å². The average Bonchev–Trinajstić information content (AvgIpc) is 3.06. The predicted molar refractivity (Wildman–Crippen MR) is 82.6 cm³/mol. The van der Waals surface area contributed by atoms with Gasteiger partial charge >= 0.3 is 0 Å². The van der Waals surface area contributed by atoms with E-state index in [1.807, 2.05) is 6.20 Å². The van der Waals surface area contributed by atoms with Crippen LogP contribution in [0.15, 0.2) is 47.3 Å². The molecule has 0 radical (unpaired) electrons. The largest absolute Gasteiger partial charge is 0.361 e. The van der Waals surface area contributed by atoms with Crippen LogP contribution in [0.2, 0.25) is 0 Å². The molecule has 19 heavy (non-hydrogen) atoms. The maximum absolute atomic E-state index is 3.59. The number of benzene rings is 1. The number of hydrogen-bond acceptors (Lipinski definition) is 2. The number of rotatable bonds is 5. The summed E-state index contributed by atoms with van der Waals surface area (Å²) in [7, 11) is 0. The molecule has 0 saturated heterocycles. The molecule has 3 aromatic rings. The molecule has 2 nitrogen and oxygen atoms in total. The van der Waals surface area contributed by atoms with Gasteiger partial charge in [-0.1, -0.05) is 6.07 Å². The first kappa shape index (κ1) is 12.5. The molecule has 2 aromatic heterocycles. The van der Waals surface area contributed by atoms with Crippen molar-refractivity contribution in [1.82, 2.24) is 10.3 Å². The average molecular weight is 270 g/mol. The molecule has 1 aromatic carbocycles. The molecule has 1 atom stereocenters. The number of H-pyrrole nitrogens is 1. The SMILES string of the molecule is CC(Cc1ccsc1)NCc1ccc2[nH]ccc2c1. The van der Waals surface area contributed by atoms with Gasteiger partial charge in [0.25, 0.3) is 0 Å². The molecule has 0 aliphatic carbocycles. The van der Waals surface area contributed by atoms with Crippen LogP contribution in [0.4, 0.5) is 0 Å². The highest BCUT2D eigenvalue weighted by atomic mass is 32.1. The van der Waals surface area contributed by atoms with E-state index in [9.17, 15) is 0 Å². The van der Waals surface area contributed by atoms with E-state index >= 15 is 0 Å². The van der Waals surface area contributed by atoms with Crippen LogP contribution >= 0.6 is 11.3 Å². The Kier molecular flexibility index (Phi) is 3.67. The number of aromatic nitrogens is 1. The van der Waals surface area contributed by atoms with Crippen molar-refractivity contribution in [2.45, 2.75) is 25.9 Å². The van der Waals surface area contributed by atoms with Crippen LogP contribution in [0, 0.1) is 0 Å². The fourth-order valence-corrected chi connectivity index (χ4v) is 3.02. The highest BCUT2D eigenvalue weighted by Crippen LogP contribution is 2.14. The minimum atomic E-state index is 0.497. The van der Waals surface area contributed by atoms with Crippen LogP contribution in [0.3, 0.4) is 0 Å². The van der Waals surface area contributed by atoms with Crippen molar-refractivity contribution in [2.75, 3.05) is 0 Å². The van der Waals surface area contributed by atoms with Gasteiger partial charge in [-0.25, -0.2) is 0 Å². The quantitative estimate of drug-likeness (QED) is 0.722. The highest BCUT2D eigenvalue weighted by molar-refractivity contribution is 7.07. The molecule has 2 heterocycles. The van der Waals surface area contributed by atoms with Crippen LogP contribution in [0.5, 0.6) is 0 Å². The number of hydrogen-bond donors (Lipinski definition) is 2. The fraction of sp³-hybridized carbons (Fsp3) is 0.250. The topological polar surface area (TPSA) is 27.8 Å². The van der Waals surface area contributed by atoms with Gasteiger partial charge in [-0.05, 0) is 64.9 Å². The lowest BCUT2D eigenvalue weighted by molar-refractivity contribution is 0.546. The van der Waals surface area contributed by atoms with Gasteiger partial charge in [0, 0.05) is 24.3 Å². The van der Waals surface area contributed by atoms with E-state index in [0.29, 0.717) is 6.04 Å². The fourth-order valence-electron chi connectivity index (χ4n) is 2.34. The Balaban J connectivity index is 1.59. The lowest BCUT2D eigenvalue weighted by Gasteiger charge is -2.13. The van der Waals surface area contributed by atoms with Crippen molar-refractivity contribution in [3.63, 3.8) is 0 Å². The van der Waals surface area contributed by atoms with Crippen LogP contribution < -0.4 is 5.32 Å². The molecule has 0 aliphatic heterocycles. The molecule has 0 saturated carbocycles. The predicted octanol–water partition coefficient (Wildman–Crippen LogP) is 3.95. The van der Waals surface area contributed by atoms with E-state index in [0.717, 1.165) is 13.0 Å². The van der Waals surface area contributed by atoms with Crippen LogP contribution in [-0.2, 0) is 13.0 Å². The first-order chi connectivity index (χ1) is 9.31. The third-order valence-electron chi connectivity index (χ3n) is 3.39. The van der Waals surface area contributed by atoms with Crippen molar-refractivity contribution in [3.8, 4) is 0 Å². The smallest absolute Gasteiger partial charge is 0.0454 e. The molecule has 0 fully saturated rings. The zero-order valence-corrected chi connectivity index (χ0v) is 11.8. The van der Waals surface area contributed by atoms with Crippen LogP contribution in [-0.4, -0.2) is 11.0 Å². The molecule has 0 amide bonds. The number of nitrogens with one attached hydrogen (secondary N) is 2. The van der Waals surface area contributed by atoms with Crippen molar-refractivity contribution in [1.29, 1.82) is 0 Å². The summed E-state index contributed by atoms with van der Waals surface area (Å²) in [5.74, 6) is 0. The van der Waals surface area contributed by atoms with Crippen molar-refractivity contribution in [3.05, 3.63) is 58.4 Å². The minimum absolute atomic E-state index is 0.497. The molecule has 2 N–H and O–H groups in total. The number of thiophene rings is 1. The molecule has 0 spiro atoms. The van der Waals surface area contributed by atoms with E-state index in [-0.39, 0.29) is 0 Å². The summed E-state index contributed by atoms with van der Waals surface area (Å²) < 4.78 is 0. The lowest BCUT2D eigenvalue weighted by Crippen LogP contribution is -2.27. The summed E-state index contributed by atoms with van der Waals surface area (Å²) in [6.45, 7) is 3.17. The first-order valence-corrected chi connectivity index (χ1v) is 7.56. The number of fused-ring (bicyclic) bond motifs is 1. The van der Waals surface area contributed by atoms with Gasteiger partial charge < -0.3 is 10.3 Å². The Hall–Kier alpha value is -1.58. The molecule has 98 valence electrons. The summed E-state index contributed by atoms with van der Waals surface area (Å²) in [5.41, 5.74) is 3.96. The zero-order valence-electron chi connectivity index (χ0n) is 11.0. The van der Waals surface area contributed by atoms with Crippen LogP contribution in [0.1, 0.15) is 18.1 Å². The van der Waals surface area contributed by atoms with E-state index in [1.165, 1.54) is 22.0 Å². The molecule has 0 aliphatic rings. The van der Waals surface area contributed by atoms with E-state index in [4.69, 9.17) is 0 Å². The normalized spacial score (nSPS) is 12.9. The summed E-state index contributed by atoms with van der Waals surface area (Å²) in [6, 6.07) is 11.4. The Morgan fingerprint density at radius 1 is 1.21 bits per heavy atom. The van der Waals surface area contributed by atoms with Gasteiger partial charge in [-0.3, -0.25) is 0 Å². The summed E-state index contributed by atoms with van der Waals surface area (Å²) >= 11 is 1.77. The van der Waals surface area contributed by atoms with Crippen molar-refractivity contribution in [2.24, 2.45) is 0 Å². The second-order valence-corrected chi connectivity index (χ2v) is 5.80. The molecule has 1 unspecified atom stereocenters. The van der Waals surface area contributed by atoms with Crippen LogP contribution in [0.25, 0.3) is 10.9 Å². The van der Waals surface area contributed by atoms with Gasteiger partial charge in [0.1, 0.15) is 0 Å². The summed E-state index contributed by atoms with van der Waals surface area (Å²) in [6.07, 6.45) is 3.08. The standard InChI is InChI=1S/C16H18N2S/c1-12(8-14-5-7-19-11-14)18-10-13-2-3-16-15(9-13)4-6-17-16/h2-7,9,11-12,17-18H,8,10H2,1H3. The molecular weight excluding hydrogens is 252 g/mol. The lowest BCUT2D eigenvalue weighted by atomic mass is 10.1. The van der Waals surface area contributed by atoms with Gasteiger partial charge in [0.15, 0.2) is 0 Å². The van der Waals surface area contributed by atoms with Gasteiger partial charge in [0.2, 0.25) is 0 Å².